The standard InChI is InChI=1S/C64H49F6N4O.Pt/c1-36-21-37(2)23-38(22-36)39-24-44(33-46(25-39)75-45-17-18-48-47-13-9-10-14-55(47)74(58(48)34-45)59-28-40(19-20-71-59)63(3,4)5)72-35-73(57-16-12-11-15-56(57)72)62-49(60-51(67)29-42(65)30-52(60)68)26-41(64(6,7)8)27-50(62)61-53(69)31-43(66)32-54(61)70;/h9-32,35H,1-8H3;/q-3;. The normalized spacial score (nSPS) is 12.7. The zero-order valence-electron chi connectivity index (χ0n) is 42.7. The van der Waals surface area contributed by atoms with Crippen LogP contribution in [0.25, 0.3) is 61.0 Å². The molecule has 10 aromatic rings. The average Bonchev–Trinajstić information content (AvgIpc) is 3.88. The summed E-state index contributed by atoms with van der Waals surface area (Å²) in [5, 5.41) is 1.97. The van der Waals surface area contributed by atoms with E-state index in [2.05, 4.69) is 73.9 Å². The zero-order chi connectivity index (χ0) is 52.8. The third-order valence-electron chi connectivity index (χ3n) is 13.7. The largest absolute Gasteiger partial charge is 0.509 e. The van der Waals surface area contributed by atoms with E-state index in [1.54, 1.807) is 40.7 Å². The van der Waals surface area contributed by atoms with Crippen LogP contribution in [0.5, 0.6) is 11.5 Å². The molecule has 0 saturated heterocycles. The van der Waals surface area contributed by atoms with Crippen LogP contribution >= 0.6 is 0 Å². The number of anilines is 4. The summed E-state index contributed by atoms with van der Waals surface area (Å²) < 4.78 is 104. The molecule has 0 fully saturated rings. The molecule has 8 aromatic carbocycles. The Hall–Kier alpha value is -7.62. The second-order valence-electron chi connectivity index (χ2n) is 21.2. The van der Waals surface area contributed by atoms with Crippen molar-refractivity contribution in [1.82, 2.24) is 9.55 Å². The third kappa shape index (κ3) is 9.44. The number of aryl methyl sites for hydroxylation is 2. The van der Waals surface area contributed by atoms with Crippen LogP contribution in [0, 0.1) is 67.6 Å². The van der Waals surface area contributed by atoms with Crippen molar-refractivity contribution in [2.45, 2.75) is 66.2 Å². The van der Waals surface area contributed by atoms with Gasteiger partial charge in [-0.05, 0) is 89.2 Å². The molecule has 0 aliphatic carbocycles. The summed E-state index contributed by atoms with van der Waals surface area (Å²) in [6, 6.07) is 45.7. The topological polar surface area (TPSA) is 33.5 Å². The zero-order valence-corrected chi connectivity index (χ0v) is 45.0. The number of halogens is 6. The van der Waals surface area contributed by atoms with E-state index >= 15 is 17.6 Å². The molecule has 11 rings (SSSR count). The van der Waals surface area contributed by atoms with Crippen molar-refractivity contribution in [3.8, 4) is 50.7 Å². The monoisotopic (exact) mass is 1200 g/mol. The Morgan fingerprint density at radius 3 is 1.67 bits per heavy atom. The SMILES string of the molecule is Cc1cc(C)cc(-c2cc(Oc3[c-]c4c(cc3)c3ccccc3n4-c3cc(C(C)(C)C)ccn3)[c-]c(N3[CH-]N(c4c(-c5c(F)cc(F)cc5F)cc(C(C)(C)C)cc4-c4c(F)cc(F)cc4F)c4ccccc43)c2)c1.[Pt]. The van der Waals surface area contributed by atoms with Crippen LogP contribution in [-0.2, 0) is 31.9 Å². The van der Waals surface area contributed by atoms with E-state index in [-0.39, 0.29) is 43.3 Å². The van der Waals surface area contributed by atoms with Gasteiger partial charge in [-0.1, -0.05) is 107 Å². The van der Waals surface area contributed by atoms with Gasteiger partial charge in [0, 0.05) is 96.7 Å². The molecule has 0 atom stereocenters. The number of benzene rings is 8. The van der Waals surface area contributed by atoms with Crippen LogP contribution in [-0.4, -0.2) is 9.55 Å². The Kier molecular flexibility index (Phi) is 13.3. The van der Waals surface area contributed by atoms with Crippen molar-refractivity contribution in [2.24, 2.45) is 0 Å². The van der Waals surface area contributed by atoms with Gasteiger partial charge in [-0.15, -0.1) is 53.6 Å². The van der Waals surface area contributed by atoms with E-state index in [0.29, 0.717) is 58.4 Å². The maximum atomic E-state index is 16.3. The predicted octanol–water partition coefficient (Wildman–Crippen LogP) is 18.0. The molecular weight excluding hydrogens is 1150 g/mol. The first-order valence-corrected chi connectivity index (χ1v) is 24.5. The van der Waals surface area contributed by atoms with Crippen LogP contribution < -0.4 is 14.5 Å². The van der Waals surface area contributed by atoms with E-state index in [1.165, 1.54) is 0 Å². The first kappa shape index (κ1) is 51.8. The second-order valence-corrected chi connectivity index (χ2v) is 21.2. The van der Waals surface area contributed by atoms with Gasteiger partial charge in [-0.3, -0.25) is 0 Å². The summed E-state index contributed by atoms with van der Waals surface area (Å²) in [5.74, 6) is -5.81. The minimum Gasteiger partial charge on any atom is -0.509 e. The van der Waals surface area contributed by atoms with Crippen LogP contribution in [0.2, 0.25) is 0 Å². The number of para-hydroxylation sites is 3. The first-order valence-electron chi connectivity index (χ1n) is 24.5. The van der Waals surface area contributed by atoms with Crippen LogP contribution in [0.1, 0.15) is 63.8 Å². The molecule has 3 heterocycles. The van der Waals surface area contributed by atoms with E-state index in [4.69, 9.17) is 9.72 Å². The molecule has 0 saturated carbocycles. The molecule has 0 spiro atoms. The van der Waals surface area contributed by atoms with Gasteiger partial charge in [0.05, 0.1) is 11.1 Å². The Morgan fingerprint density at radius 1 is 0.526 bits per heavy atom. The van der Waals surface area contributed by atoms with Crippen molar-refractivity contribution in [1.29, 1.82) is 0 Å². The fourth-order valence-corrected chi connectivity index (χ4v) is 10.1. The van der Waals surface area contributed by atoms with Gasteiger partial charge in [0.15, 0.2) is 0 Å². The molecule has 12 heteroatoms. The van der Waals surface area contributed by atoms with E-state index in [0.717, 1.165) is 55.4 Å². The number of pyridine rings is 1. The van der Waals surface area contributed by atoms with Gasteiger partial charge in [-0.2, -0.15) is 6.07 Å². The molecule has 76 heavy (non-hydrogen) atoms. The predicted molar refractivity (Wildman–Crippen MR) is 287 cm³/mol. The Bertz CT molecular complexity index is 3800. The maximum absolute atomic E-state index is 16.3. The molecule has 0 amide bonds. The molecular formula is C64H49F6N4OPt-3. The van der Waals surface area contributed by atoms with E-state index < -0.39 is 51.4 Å². The van der Waals surface area contributed by atoms with Gasteiger partial charge in [0.1, 0.15) is 40.7 Å². The molecule has 5 nitrogen and oxygen atoms in total. The van der Waals surface area contributed by atoms with E-state index in [9.17, 15) is 8.78 Å². The number of hydrogen-bond donors (Lipinski definition) is 0. The summed E-state index contributed by atoms with van der Waals surface area (Å²) in [6.45, 7) is 17.7. The van der Waals surface area contributed by atoms with Crippen LogP contribution in [0.15, 0.2) is 146 Å². The number of fused-ring (bicyclic) bond motifs is 4. The van der Waals surface area contributed by atoms with Gasteiger partial charge < -0.3 is 19.1 Å². The van der Waals surface area contributed by atoms with Gasteiger partial charge in [-0.25, -0.2) is 31.3 Å². The van der Waals surface area contributed by atoms with Crippen molar-refractivity contribution in [3.05, 3.63) is 222 Å². The van der Waals surface area contributed by atoms with Crippen molar-refractivity contribution in [3.63, 3.8) is 0 Å². The summed E-state index contributed by atoms with van der Waals surface area (Å²) in [4.78, 5) is 8.21. The van der Waals surface area contributed by atoms with Crippen molar-refractivity contribution >= 4 is 44.6 Å². The van der Waals surface area contributed by atoms with Crippen LogP contribution in [0.4, 0.5) is 49.1 Å². The molecule has 1 aliphatic rings. The quantitative estimate of drug-likeness (QED) is 0.112. The summed E-state index contributed by atoms with van der Waals surface area (Å²) in [7, 11) is 0. The number of aromatic nitrogens is 2. The van der Waals surface area contributed by atoms with Gasteiger partial charge in [0.25, 0.3) is 0 Å². The summed E-state index contributed by atoms with van der Waals surface area (Å²) in [5.41, 5.74) is 5.94. The molecule has 0 bridgehead atoms. The first-order chi connectivity index (χ1) is 35.7. The number of hydrogen-bond acceptors (Lipinski definition) is 4. The molecule has 1 aliphatic heterocycles. The molecule has 0 radical (unpaired) electrons. The maximum Gasteiger partial charge on any atom is 0.136 e. The number of rotatable bonds is 8. The summed E-state index contributed by atoms with van der Waals surface area (Å²) in [6.07, 6.45) is 1.82. The van der Waals surface area contributed by atoms with Gasteiger partial charge >= 0.3 is 0 Å². The smallest absolute Gasteiger partial charge is 0.136 e. The fourth-order valence-electron chi connectivity index (χ4n) is 10.1. The number of ether oxygens (including phenoxy) is 1. The Balaban J connectivity index is 0.00000657. The van der Waals surface area contributed by atoms with Crippen LogP contribution in [0.3, 0.4) is 0 Å². The third-order valence-corrected chi connectivity index (χ3v) is 13.7. The molecule has 0 unspecified atom stereocenters. The summed E-state index contributed by atoms with van der Waals surface area (Å²) >= 11 is 0. The van der Waals surface area contributed by atoms with Gasteiger partial charge in [0.2, 0.25) is 0 Å². The number of nitrogens with zero attached hydrogens (tertiary/aromatic N) is 4. The van der Waals surface area contributed by atoms with Crippen molar-refractivity contribution < 1.29 is 52.1 Å². The second kappa shape index (κ2) is 19.5. The minimum absolute atomic E-state index is 0. The minimum atomic E-state index is -1.24. The molecule has 2 aromatic heterocycles. The fraction of sp³-hybridized carbons (Fsp3) is 0.156. The average molecular weight is 1200 g/mol. The van der Waals surface area contributed by atoms with Crippen molar-refractivity contribution in [2.75, 3.05) is 9.80 Å². The molecule has 386 valence electrons. The van der Waals surface area contributed by atoms with E-state index in [1.807, 2.05) is 95.4 Å². The Labute approximate surface area is 452 Å². The molecule has 0 N–H and O–H groups in total. The Morgan fingerprint density at radius 2 is 1.08 bits per heavy atom.